The Bertz CT molecular complexity index is 349. The summed E-state index contributed by atoms with van der Waals surface area (Å²) in [6, 6.07) is 0. The lowest BCUT2D eigenvalue weighted by molar-refractivity contribution is -0.135. The average Bonchev–Trinajstić information content (AvgIpc) is 2.80. The molecule has 1 spiro atoms. The van der Waals surface area contributed by atoms with Crippen molar-refractivity contribution in [2.24, 2.45) is 17.1 Å². The van der Waals surface area contributed by atoms with Crippen LogP contribution >= 0.6 is 0 Å². The second-order valence-corrected chi connectivity index (χ2v) is 5.62. The first kappa shape index (κ1) is 10.3. The molecule has 0 bridgehead atoms. The number of aldehydes is 1. The van der Waals surface area contributed by atoms with Crippen LogP contribution in [0.15, 0.2) is 0 Å². The number of hydrogen-bond donors (Lipinski definition) is 1. The number of nitrogens with zero attached hydrogens (tertiary/aromatic N) is 1. The predicted molar refractivity (Wildman–Crippen MR) is 58.6 cm³/mol. The molecule has 2 unspecified atom stereocenters. The van der Waals surface area contributed by atoms with Gasteiger partial charge in [-0.2, -0.15) is 0 Å². The molecule has 88 valence electrons. The first-order chi connectivity index (χ1) is 7.68. The van der Waals surface area contributed by atoms with Gasteiger partial charge in [0, 0.05) is 6.54 Å². The molecule has 2 atom stereocenters. The minimum Gasteiger partial charge on any atom is -0.328 e. The lowest BCUT2D eigenvalue weighted by atomic mass is 9.82. The van der Waals surface area contributed by atoms with Gasteiger partial charge in [0.2, 0.25) is 5.91 Å². The molecule has 2 saturated carbocycles. The lowest BCUT2D eigenvalue weighted by Gasteiger charge is -2.29. The molecule has 1 aliphatic heterocycles. The van der Waals surface area contributed by atoms with Crippen LogP contribution < -0.4 is 5.73 Å². The molecule has 0 aromatic heterocycles. The van der Waals surface area contributed by atoms with Crippen LogP contribution in [0.25, 0.3) is 0 Å². The summed E-state index contributed by atoms with van der Waals surface area (Å²) >= 11 is 0. The van der Waals surface area contributed by atoms with Gasteiger partial charge in [-0.15, -0.1) is 0 Å². The van der Waals surface area contributed by atoms with Crippen LogP contribution in [0.1, 0.15) is 32.1 Å². The Labute approximate surface area is 95.2 Å². The van der Waals surface area contributed by atoms with E-state index < -0.39 is 5.54 Å². The van der Waals surface area contributed by atoms with Gasteiger partial charge in [-0.25, -0.2) is 0 Å². The summed E-state index contributed by atoms with van der Waals surface area (Å²) in [6.07, 6.45) is 6.73. The van der Waals surface area contributed by atoms with Crippen molar-refractivity contribution in [3.8, 4) is 0 Å². The summed E-state index contributed by atoms with van der Waals surface area (Å²) in [4.78, 5) is 24.9. The maximum atomic E-state index is 11.8. The summed E-state index contributed by atoms with van der Waals surface area (Å²) in [7, 11) is 0. The van der Waals surface area contributed by atoms with Crippen LogP contribution in [0.3, 0.4) is 0 Å². The van der Waals surface area contributed by atoms with Crippen molar-refractivity contribution in [2.75, 3.05) is 13.1 Å². The minimum absolute atomic E-state index is 0.0262. The first-order valence-electron chi connectivity index (χ1n) is 6.15. The molecule has 1 amide bonds. The Hall–Kier alpha value is -0.900. The van der Waals surface area contributed by atoms with Crippen molar-refractivity contribution in [2.45, 2.75) is 37.6 Å². The molecule has 0 radical (unpaired) electrons. The summed E-state index contributed by atoms with van der Waals surface area (Å²) in [5.74, 6) is 0.369. The lowest BCUT2D eigenvalue weighted by Crippen LogP contribution is -2.45. The Morgan fingerprint density at radius 3 is 2.69 bits per heavy atom. The van der Waals surface area contributed by atoms with Crippen LogP contribution in [0, 0.1) is 11.3 Å². The van der Waals surface area contributed by atoms with E-state index in [4.69, 9.17) is 5.73 Å². The van der Waals surface area contributed by atoms with Gasteiger partial charge in [-0.3, -0.25) is 4.79 Å². The van der Waals surface area contributed by atoms with Crippen molar-refractivity contribution in [1.29, 1.82) is 0 Å². The molecule has 1 saturated heterocycles. The van der Waals surface area contributed by atoms with Gasteiger partial charge in [0.15, 0.2) is 0 Å². The number of fused-ring (bicyclic) bond motifs is 2. The number of rotatable bonds is 2. The van der Waals surface area contributed by atoms with Gasteiger partial charge in [0.25, 0.3) is 0 Å². The second-order valence-electron chi connectivity index (χ2n) is 5.62. The molecule has 4 nitrogen and oxygen atoms in total. The number of amides is 1. The molecule has 4 heteroatoms. The smallest absolute Gasteiger partial charge is 0.237 e. The monoisotopic (exact) mass is 222 g/mol. The summed E-state index contributed by atoms with van der Waals surface area (Å²) in [6.45, 7) is 0.796. The van der Waals surface area contributed by atoms with Gasteiger partial charge in [0.05, 0.1) is 6.54 Å². The maximum absolute atomic E-state index is 11.8. The summed E-state index contributed by atoms with van der Waals surface area (Å²) in [5, 5.41) is 0. The van der Waals surface area contributed by atoms with Crippen molar-refractivity contribution in [1.82, 2.24) is 4.90 Å². The van der Waals surface area contributed by atoms with Crippen LogP contribution in [0.2, 0.25) is 0 Å². The molecule has 3 rings (SSSR count). The number of carbonyl (C=O) groups is 2. The number of hydrogen-bond acceptors (Lipinski definition) is 3. The zero-order valence-electron chi connectivity index (χ0n) is 9.45. The fourth-order valence-electron chi connectivity index (χ4n) is 4.10. The van der Waals surface area contributed by atoms with Crippen LogP contribution in [-0.2, 0) is 9.59 Å². The van der Waals surface area contributed by atoms with Gasteiger partial charge < -0.3 is 15.4 Å². The fourth-order valence-corrected chi connectivity index (χ4v) is 4.10. The molecule has 2 aliphatic carbocycles. The van der Waals surface area contributed by atoms with Crippen molar-refractivity contribution >= 4 is 12.2 Å². The fraction of sp³-hybridized carbons (Fsp3) is 0.833. The standard InChI is InChI=1S/C12H18N2O2/c13-6-10(16)14-7-11(3-1-2-4-11)9-5-12(9,14)8-15/h8-9H,1-7,13H2. The van der Waals surface area contributed by atoms with E-state index in [0.29, 0.717) is 5.92 Å². The minimum atomic E-state index is -0.458. The van der Waals surface area contributed by atoms with Crippen molar-refractivity contribution < 1.29 is 9.59 Å². The Morgan fingerprint density at radius 1 is 1.44 bits per heavy atom. The third-order valence-electron chi connectivity index (χ3n) is 4.97. The van der Waals surface area contributed by atoms with Gasteiger partial charge in [-0.05, 0) is 30.6 Å². The molecule has 1 heterocycles. The highest BCUT2D eigenvalue weighted by Crippen LogP contribution is 2.67. The molecule has 0 aromatic rings. The van der Waals surface area contributed by atoms with Crippen molar-refractivity contribution in [3.63, 3.8) is 0 Å². The zero-order valence-corrected chi connectivity index (χ0v) is 9.45. The van der Waals surface area contributed by atoms with Gasteiger partial charge in [-0.1, -0.05) is 12.8 Å². The topological polar surface area (TPSA) is 63.4 Å². The van der Waals surface area contributed by atoms with Crippen LogP contribution in [-0.4, -0.2) is 35.7 Å². The molecule has 2 N–H and O–H groups in total. The Balaban J connectivity index is 1.91. The summed E-state index contributed by atoms with van der Waals surface area (Å²) < 4.78 is 0. The molecule has 3 aliphatic rings. The predicted octanol–water partition coefficient (Wildman–Crippen LogP) is 0.305. The number of nitrogens with two attached hydrogens (primary N) is 1. The van der Waals surface area contributed by atoms with E-state index in [1.165, 1.54) is 25.7 Å². The van der Waals surface area contributed by atoms with E-state index in [1.54, 1.807) is 4.90 Å². The maximum Gasteiger partial charge on any atom is 0.237 e. The first-order valence-corrected chi connectivity index (χ1v) is 6.15. The Morgan fingerprint density at radius 2 is 2.12 bits per heavy atom. The number of piperidine rings is 1. The SMILES string of the molecule is NCC(=O)N1CC2(CCCC2)C2CC21C=O. The van der Waals surface area contributed by atoms with Gasteiger partial charge in [0.1, 0.15) is 11.8 Å². The zero-order chi connectivity index (χ0) is 11.4. The highest BCUT2D eigenvalue weighted by molar-refractivity contribution is 5.87. The van der Waals surface area contributed by atoms with Crippen molar-refractivity contribution in [3.05, 3.63) is 0 Å². The van der Waals surface area contributed by atoms with Crippen LogP contribution in [0.5, 0.6) is 0 Å². The third kappa shape index (κ3) is 1.03. The van der Waals surface area contributed by atoms with E-state index in [-0.39, 0.29) is 17.9 Å². The number of likely N-dealkylation sites (tertiary alicyclic amines) is 1. The normalized spacial score (nSPS) is 38.8. The Kier molecular flexibility index (Phi) is 1.97. The molecule has 0 aromatic carbocycles. The highest BCUT2D eigenvalue weighted by atomic mass is 16.2. The summed E-state index contributed by atoms with van der Waals surface area (Å²) in [5.41, 5.74) is 5.22. The highest BCUT2D eigenvalue weighted by Gasteiger charge is 2.73. The van der Waals surface area contributed by atoms with E-state index in [9.17, 15) is 9.59 Å². The van der Waals surface area contributed by atoms with Crippen LogP contribution in [0.4, 0.5) is 0 Å². The van der Waals surface area contributed by atoms with Gasteiger partial charge >= 0.3 is 0 Å². The van der Waals surface area contributed by atoms with E-state index >= 15 is 0 Å². The third-order valence-corrected chi connectivity index (χ3v) is 4.97. The number of carbonyl (C=O) groups excluding carboxylic acids is 2. The molecule has 16 heavy (non-hydrogen) atoms. The largest absolute Gasteiger partial charge is 0.328 e. The molecule has 3 fully saturated rings. The quantitative estimate of drug-likeness (QED) is 0.684. The molecular formula is C12H18N2O2. The molecular weight excluding hydrogens is 204 g/mol. The van der Waals surface area contributed by atoms with E-state index in [0.717, 1.165) is 19.3 Å². The second kappa shape index (κ2) is 3.06. The average molecular weight is 222 g/mol. The van der Waals surface area contributed by atoms with E-state index in [2.05, 4.69) is 0 Å². The van der Waals surface area contributed by atoms with E-state index in [1.807, 2.05) is 0 Å².